The molecule has 3 aromatic rings. The van der Waals surface area contributed by atoms with E-state index in [1.165, 1.54) is 12.3 Å². The van der Waals surface area contributed by atoms with E-state index < -0.39 is 0 Å². The lowest BCUT2D eigenvalue weighted by molar-refractivity contribution is 0.0716. The second kappa shape index (κ2) is 6.33. The standard InChI is InChI=1S/C20H19N5O3/c26-18-8-11(5-6-21-18)19(27)23-16-9-14-2-4-17(16)25(14)20(28)12-1-3-15-13(7-12)10-22-24-15/h1,3,5-8,10,14,16-17H,2,4,9H2,(H,21,26)(H,22,24)(H,23,27)/t14-,16-,17+/m1/s1. The van der Waals surface area contributed by atoms with Crippen LogP contribution in [0.15, 0.2) is 47.5 Å². The first kappa shape index (κ1) is 16.7. The molecule has 0 radical (unpaired) electrons. The summed E-state index contributed by atoms with van der Waals surface area (Å²) in [4.78, 5) is 41.5. The normalized spacial score (nSPS) is 23.3. The number of fused-ring (bicyclic) bond motifs is 3. The molecule has 142 valence electrons. The molecule has 3 N–H and O–H groups in total. The van der Waals surface area contributed by atoms with Crippen LogP contribution < -0.4 is 10.9 Å². The third-order valence-electron chi connectivity index (χ3n) is 5.81. The maximum Gasteiger partial charge on any atom is 0.254 e. The summed E-state index contributed by atoms with van der Waals surface area (Å²) in [6, 6.07) is 8.38. The molecule has 28 heavy (non-hydrogen) atoms. The summed E-state index contributed by atoms with van der Waals surface area (Å²) < 4.78 is 0. The Morgan fingerprint density at radius 3 is 2.89 bits per heavy atom. The van der Waals surface area contributed by atoms with Crippen molar-refractivity contribution in [3.8, 4) is 0 Å². The van der Waals surface area contributed by atoms with E-state index in [1.807, 2.05) is 23.1 Å². The highest BCUT2D eigenvalue weighted by atomic mass is 16.2. The number of aromatic nitrogens is 3. The second-order valence-corrected chi connectivity index (χ2v) is 7.44. The van der Waals surface area contributed by atoms with E-state index in [-0.39, 0.29) is 35.5 Å². The highest BCUT2D eigenvalue weighted by Crippen LogP contribution is 2.39. The van der Waals surface area contributed by atoms with Gasteiger partial charge in [-0.2, -0.15) is 5.10 Å². The molecule has 2 fully saturated rings. The third-order valence-corrected chi connectivity index (χ3v) is 5.81. The van der Waals surface area contributed by atoms with Gasteiger partial charge in [-0.15, -0.1) is 0 Å². The maximum atomic E-state index is 13.2. The van der Waals surface area contributed by atoms with Crippen molar-refractivity contribution in [2.45, 2.75) is 37.4 Å². The minimum absolute atomic E-state index is 0.0106. The molecular formula is C20H19N5O3. The number of pyridine rings is 1. The average molecular weight is 377 g/mol. The first-order valence-corrected chi connectivity index (χ1v) is 9.35. The van der Waals surface area contributed by atoms with Crippen molar-refractivity contribution in [3.63, 3.8) is 0 Å². The number of aromatic amines is 2. The van der Waals surface area contributed by atoms with Crippen LogP contribution in [0.25, 0.3) is 10.9 Å². The Hall–Kier alpha value is -3.42. The van der Waals surface area contributed by atoms with Crippen LogP contribution in [0.1, 0.15) is 40.0 Å². The van der Waals surface area contributed by atoms with E-state index in [0.717, 1.165) is 30.2 Å². The Labute approximate surface area is 159 Å². The lowest BCUT2D eigenvalue weighted by Crippen LogP contribution is -2.45. The molecule has 0 unspecified atom stereocenters. The molecule has 0 aliphatic carbocycles. The molecule has 1 aromatic carbocycles. The number of carbonyl (C=O) groups is 2. The molecule has 8 heteroatoms. The summed E-state index contributed by atoms with van der Waals surface area (Å²) in [6.45, 7) is 0. The lowest BCUT2D eigenvalue weighted by Gasteiger charge is -2.25. The van der Waals surface area contributed by atoms with Crippen molar-refractivity contribution in [2.24, 2.45) is 0 Å². The summed E-state index contributed by atoms with van der Waals surface area (Å²) in [5.74, 6) is -0.292. The van der Waals surface area contributed by atoms with Crippen molar-refractivity contribution < 1.29 is 9.59 Å². The first-order valence-electron chi connectivity index (χ1n) is 9.35. The molecular weight excluding hydrogens is 358 g/mol. The lowest BCUT2D eigenvalue weighted by atomic mass is 9.95. The van der Waals surface area contributed by atoms with Gasteiger partial charge in [0.25, 0.3) is 11.8 Å². The van der Waals surface area contributed by atoms with Gasteiger partial charge in [-0.3, -0.25) is 19.5 Å². The average Bonchev–Trinajstić information content (AvgIpc) is 3.41. The second-order valence-electron chi connectivity index (χ2n) is 7.44. The maximum absolute atomic E-state index is 13.2. The van der Waals surface area contributed by atoms with Crippen molar-refractivity contribution in [3.05, 3.63) is 64.2 Å². The molecule has 2 amide bonds. The van der Waals surface area contributed by atoms with E-state index in [4.69, 9.17) is 0 Å². The van der Waals surface area contributed by atoms with Crippen LogP contribution in [0, 0.1) is 0 Å². The summed E-state index contributed by atoms with van der Waals surface area (Å²) in [5.41, 5.74) is 1.54. The minimum Gasteiger partial charge on any atom is -0.347 e. The molecule has 5 rings (SSSR count). The summed E-state index contributed by atoms with van der Waals surface area (Å²) in [5, 5.41) is 10.8. The Kier molecular flexibility index (Phi) is 3.78. The summed E-state index contributed by atoms with van der Waals surface area (Å²) in [7, 11) is 0. The van der Waals surface area contributed by atoms with E-state index in [1.54, 1.807) is 12.3 Å². The largest absolute Gasteiger partial charge is 0.347 e. The van der Waals surface area contributed by atoms with Gasteiger partial charge in [0.05, 0.1) is 23.8 Å². The zero-order valence-corrected chi connectivity index (χ0v) is 15.0. The van der Waals surface area contributed by atoms with Gasteiger partial charge < -0.3 is 15.2 Å². The molecule has 2 saturated heterocycles. The Bertz CT molecular complexity index is 1130. The van der Waals surface area contributed by atoms with E-state index in [9.17, 15) is 14.4 Å². The third kappa shape index (κ3) is 2.69. The molecule has 3 atom stereocenters. The molecule has 2 aromatic heterocycles. The fourth-order valence-electron chi connectivity index (χ4n) is 4.52. The Morgan fingerprint density at radius 2 is 2.04 bits per heavy atom. The molecule has 4 heterocycles. The highest BCUT2D eigenvalue weighted by molar-refractivity contribution is 5.99. The number of H-pyrrole nitrogens is 2. The van der Waals surface area contributed by atoms with Crippen molar-refractivity contribution in [1.82, 2.24) is 25.4 Å². The van der Waals surface area contributed by atoms with Crippen molar-refractivity contribution in [2.75, 3.05) is 0 Å². The monoisotopic (exact) mass is 377 g/mol. The minimum atomic E-state index is -0.313. The van der Waals surface area contributed by atoms with Gasteiger partial charge >= 0.3 is 0 Å². The van der Waals surface area contributed by atoms with Crippen LogP contribution in [0.3, 0.4) is 0 Å². The molecule has 2 aliphatic rings. The van der Waals surface area contributed by atoms with E-state index in [2.05, 4.69) is 20.5 Å². The van der Waals surface area contributed by atoms with E-state index >= 15 is 0 Å². The van der Waals surface area contributed by atoms with Gasteiger partial charge in [0.1, 0.15) is 0 Å². The highest BCUT2D eigenvalue weighted by Gasteiger charge is 2.49. The van der Waals surface area contributed by atoms with Crippen LogP contribution >= 0.6 is 0 Å². The number of nitrogens with zero attached hydrogens (tertiary/aromatic N) is 2. The predicted octanol–water partition coefficient (Wildman–Crippen LogP) is 1.43. The van der Waals surface area contributed by atoms with Gasteiger partial charge in [0.2, 0.25) is 5.56 Å². The zero-order valence-electron chi connectivity index (χ0n) is 15.0. The number of benzene rings is 1. The topological polar surface area (TPSA) is 111 Å². The first-order chi connectivity index (χ1) is 13.6. The fraction of sp³-hybridized carbons (Fsp3) is 0.300. The van der Waals surface area contributed by atoms with Gasteiger partial charge in [-0.1, -0.05) is 0 Å². The fourth-order valence-corrected chi connectivity index (χ4v) is 4.52. The van der Waals surface area contributed by atoms with Crippen LogP contribution in [0.2, 0.25) is 0 Å². The van der Waals surface area contributed by atoms with Crippen LogP contribution in [0.5, 0.6) is 0 Å². The van der Waals surface area contributed by atoms with Gasteiger partial charge in [-0.05, 0) is 43.5 Å². The zero-order chi connectivity index (χ0) is 19.3. The number of hydrogen-bond donors (Lipinski definition) is 3. The number of rotatable bonds is 3. The molecule has 8 nitrogen and oxygen atoms in total. The Morgan fingerprint density at radius 1 is 1.14 bits per heavy atom. The Balaban J connectivity index is 1.35. The predicted molar refractivity (Wildman–Crippen MR) is 102 cm³/mol. The number of carbonyl (C=O) groups excluding carboxylic acids is 2. The number of amides is 2. The quantitative estimate of drug-likeness (QED) is 0.641. The van der Waals surface area contributed by atoms with Crippen LogP contribution in [0.4, 0.5) is 0 Å². The molecule has 2 aliphatic heterocycles. The van der Waals surface area contributed by atoms with Crippen LogP contribution in [-0.4, -0.2) is 50.0 Å². The van der Waals surface area contributed by atoms with Crippen LogP contribution in [-0.2, 0) is 0 Å². The number of hydrogen-bond acceptors (Lipinski definition) is 4. The van der Waals surface area contributed by atoms with Crippen molar-refractivity contribution in [1.29, 1.82) is 0 Å². The van der Waals surface area contributed by atoms with Gasteiger partial charge in [0.15, 0.2) is 0 Å². The molecule has 0 saturated carbocycles. The molecule has 2 bridgehead atoms. The van der Waals surface area contributed by atoms with E-state index in [0.29, 0.717) is 11.1 Å². The smallest absolute Gasteiger partial charge is 0.254 e. The van der Waals surface area contributed by atoms with Gasteiger partial charge in [-0.25, -0.2) is 0 Å². The number of nitrogens with one attached hydrogen (secondary N) is 3. The van der Waals surface area contributed by atoms with Gasteiger partial charge in [0, 0.05) is 34.8 Å². The summed E-state index contributed by atoms with van der Waals surface area (Å²) >= 11 is 0. The SMILES string of the molecule is O=C(N[C@@H]1C[C@H]2CC[C@@H]1N2C(=O)c1ccc2[nH]ncc2c1)c1cc[nH]c(=O)c1. The van der Waals surface area contributed by atoms with Crippen molar-refractivity contribution >= 4 is 22.7 Å². The summed E-state index contributed by atoms with van der Waals surface area (Å²) in [6.07, 6.45) is 5.71. The molecule has 0 spiro atoms.